The number of nitrogens with zero attached hydrogens (tertiary/aromatic N) is 2. The molecule has 1 fully saturated rings. The van der Waals surface area contributed by atoms with Gasteiger partial charge in [0, 0.05) is 30.2 Å². The molecule has 0 unspecified atom stereocenters. The lowest BCUT2D eigenvalue weighted by Crippen LogP contribution is -2.36. The summed E-state index contributed by atoms with van der Waals surface area (Å²) in [6.45, 7) is 1.67. The summed E-state index contributed by atoms with van der Waals surface area (Å²) < 4.78 is 0. The van der Waals surface area contributed by atoms with Crippen molar-refractivity contribution >= 4 is 16.6 Å². The second kappa shape index (κ2) is 5.15. The van der Waals surface area contributed by atoms with Crippen molar-refractivity contribution in [3.63, 3.8) is 0 Å². The maximum atomic E-state index is 9.59. The molecule has 1 aromatic heterocycles. The van der Waals surface area contributed by atoms with Crippen LogP contribution in [-0.4, -0.2) is 34.4 Å². The first-order valence-corrected chi connectivity index (χ1v) is 6.70. The number of anilines is 1. The Morgan fingerprint density at radius 3 is 2.53 bits per heavy atom. The maximum Gasteiger partial charge on any atom is 0.136 e. The predicted octanol–water partition coefficient (Wildman–Crippen LogP) is 1.69. The number of aliphatic hydroxyl groups is 2. The van der Waals surface area contributed by atoms with Crippen LogP contribution < -0.4 is 4.90 Å². The second-order valence-electron chi connectivity index (χ2n) is 5.03. The van der Waals surface area contributed by atoms with Gasteiger partial charge in [-0.2, -0.15) is 0 Å². The Hall–Kier alpha value is -1.65. The first-order chi connectivity index (χ1) is 9.29. The zero-order chi connectivity index (χ0) is 13.2. The van der Waals surface area contributed by atoms with Gasteiger partial charge in [-0.1, -0.05) is 24.3 Å². The number of fused-ring (bicyclic) bond motifs is 1. The van der Waals surface area contributed by atoms with E-state index >= 15 is 0 Å². The van der Waals surface area contributed by atoms with Gasteiger partial charge in [-0.25, -0.2) is 4.98 Å². The average molecular weight is 258 g/mol. The van der Waals surface area contributed by atoms with Gasteiger partial charge in [0.1, 0.15) is 5.82 Å². The van der Waals surface area contributed by atoms with Gasteiger partial charge in [-0.05, 0) is 18.2 Å². The van der Waals surface area contributed by atoms with Crippen LogP contribution in [0, 0.1) is 0 Å². The van der Waals surface area contributed by atoms with Gasteiger partial charge in [-0.3, -0.25) is 0 Å². The highest BCUT2D eigenvalue weighted by Crippen LogP contribution is 2.29. The van der Waals surface area contributed by atoms with Gasteiger partial charge >= 0.3 is 0 Å². The fourth-order valence-corrected chi connectivity index (χ4v) is 2.69. The topological polar surface area (TPSA) is 56.6 Å². The molecule has 1 saturated heterocycles. The fourth-order valence-electron chi connectivity index (χ4n) is 2.69. The molecule has 0 bridgehead atoms. The summed E-state index contributed by atoms with van der Waals surface area (Å²) in [7, 11) is 0. The Bertz CT molecular complexity index is 577. The normalized spacial score (nSPS) is 17.1. The van der Waals surface area contributed by atoms with Crippen molar-refractivity contribution in [1.82, 2.24) is 4.98 Å². The molecule has 4 heteroatoms. The molecule has 100 valence electrons. The van der Waals surface area contributed by atoms with Crippen molar-refractivity contribution in [2.24, 2.45) is 0 Å². The van der Waals surface area contributed by atoms with Gasteiger partial charge in [0.2, 0.25) is 0 Å². The summed E-state index contributed by atoms with van der Waals surface area (Å²) in [5.74, 6) is 0.958. The van der Waals surface area contributed by atoms with Crippen LogP contribution >= 0.6 is 0 Å². The summed E-state index contributed by atoms with van der Waals surface area (Å²) in [6, 6.07) is 8.03. The van der Waals surface area contributed by atoms with Crippen LogP contribution in [0.25, 0.3) is 10.8 Å². The van der Waals surface area contributed by atoms with Crippen LogP contribution in [0.2, 0.25) is 0 Å². The third-order valence-electron chi connectivity index (χ3n) is 3.79. The lowest BCUT2D eigenvalue weighted by Gasteiger charge is -2.31. The van der Waals surface area contributed by atoms with Gasteiger partial charge in [-0.15, -0.1) is 0 Å². The van der Waals surface area contributed by atoms with Crippen molar-refractivity contribution in [3.8, 4) is 0 Å². The Labute approximate surface area is 112 Å². The minimum Gasteiger partial charge on any atom is -0.393 e. The van der Waals surface area contributed by atoms with E-state index in [0.29, 0.717) is 0 Å². The molecule has 0 aliphatic carbocycles. The maximum absolute atomic E-state index is 9.59. The number of benzene rings is 1. The smallest absolute Gasteiger partial charge is 0.136 e. The number of hydrogen-bond acceptors (Lipinski definition) is 4. The van der Waals surface area contributed by atoms with E-state index in [-0.39, 0.29) is 12.7 Å². The summed E-state index contributed by atoms with van der Waals surface area (Å²) in [6.07, 6.45) is 3.15. The highest BCUT2D eigenvalue weighted by Gasteiger charge is 2.20. The van der Waals surface area contributed by atoms with Crippen LogP contribution in [0.5, 0.6) is 0 Å². The molecular weight excluding hydrogens is 240 g/mol. The molecule has 3 rings (SSSR count). The SMILES string of the molecule is OCc1cnc(N2CCC(O)CC2)c2ccccc12. The molecule has 1 aliphatic rings. The molecule has 0 spiro atoms. The van der Waals surface area contributed by atoms with Crippen molar-refractivity contribution in [1.29, 1.82) is 0 Å². The lowest BCUT2D eigenvalue weighted by molar-refractivity contribution is 0.145. The van der Waals surface area contributed by atoms with Gasteiger partial charge in [0.05, 0.1) is 12.7 Å². The van der Waals surface area contributed by atoms with E-state index in [0.717, 1.165) is 48.1 Å². The molecule has 0 amide bonds. The lowest BCUT2D eigenvalue weighted by atomic mass is 10.0. The van der Waals surface area contributed by atoms with Gasteiger partial charge in [0.25, 0.3) is 0 Å². The van der Waals surface area contributed by atoms with Crippen LogP contribution in [0.3, 0.4) is 0 Å². The Balaban J connectivity index is 2.04. The fraction of sp³-hybridized carbons (Fsp3) is 0.400. The molecule has 1 aliphatic heterocycles. The average Bonchev–Trinajstić information content (AvgIpc) is 2.47. The molecular formula is C15H18N2O2. The highest BCUT2D eigenvalue weighted by molar-refractivity contribution is 5.94. The first-order valence-electron chi connectivity index (χ1n) is 6.70. The van der Waals surface area contributed by atoms with Gasteiger partial charge in [0.15, 0.2) is 0 Å². The molecule has 0 atom stereocenters. The van der Waals surface area contributed by atoms with E-state index in [1.807, 2.05) is 24.3 Å². The number of pyridine rings is 1. The minimum absolute atomic E-state index is 0.00646. The van der Waals surface area contributed by atoms with Crippen molar-refractivity contribution in [3.05, 3.63) is 36.0 Å². The zero-order valence-electron chi connectivity index (χ0n) is 10.8. The van der Waals surface area contributed by atoms with E-state index in [4.69, 9.17) is 0 Å². The molecule has 19 heavy (non-hydrogen) atoms. The van der Waals surface area contributed by atoms with Crippen LogP contribution in [0.15, 0.2) is 30.5 Å². The zero-order valence-corrected chi connectivity index (χ0v) is 10.8. The van der Waals surface area contributed by atoms with Crippen molar-refractivity contribution in [2.75, 3.05) is 18.0 Å². The number of piperidine rings is 1. The Morgan fingerprint density at radius 2 is 1.84 bits per heavy atom. The quantitative estimate of drug-likeness (QED) is 0.860. The third-order valence-corrected chi connectivity index (χ3v) is 3.79. The third kappa shape index (κ3) is 2.29. The van der Waals surface area contributed by atoms with Crippen LogP contribution in [0.1, 0.15) is 18.4 Å². The largest absolute Gasteiger partial charge is 0.393 e. The monoisotopic (exact) mass is 258 g/mol. The number of hydrogen-bond donors (Lipinski definition) is 2. The summed E-state index contributed by atoms with van der Waals surface area (Å²) in [5.41, 5.74) is 0.858. The summed E-state index contributed by atoms with van der Waals surface area (Å²) in [4.78, 5) is 6.73. The minimum atomic E-state index is -0.181. The van der Waals surface area contributed by atoms with Crippen molar-refractivity contribution < 1.29 is 10.2 Å². The van der Waals surface area contributed by atoms with Crippen molar-refractivity contribution in [2.45, 2.75) is 25.6 Å². The van der Waals surface area contributed by atoms with Gasteiger partial charge < -0.3 is 15.1 Å². The number of aliphatic hydroxyl groups excluding tert-OH is 2. The van der Waals surface area contributed by atoms with E-state index in [2.05, 4.69) is 9.88 Å². The standard InChI is InChI=1S/C15H18N2O2/c18-10-11-9-16-15(14-4-2-1-3-13(11)14)17-7-5-12(19)6-8-17/h1-4,9,12,18-19H,5-8,10H2. The van der Waals surface area contributed by atoms with E-state index < -0.39 is 0 Å². The van der Waals surface area contributed by atoms with E-state index in [1.165, 1.54) is 0 Å². The molecule has 2 aromatic rings. The molecule has 4 nitrogen and oxygen atoms in total. The molecule has 0 radical (unpaired) electrons. The Morgan fingerprint density at radius 1 is 1.16 bits per heavy atom. The van der Waals surface area contributed by atoms with Crippen LogP contribution in [0.4, 0.5) is 5.82 Å². The predicted molar refractivity (Wildman–Crippen MR) is 75.1 cm³/mol. The molecule has 2 N–H and O–H groups in total. The summed E-state index contributed by atoms with van der Waals surface area (Å²) >= 11 is 0. The second-order valence-corrected chi connectivity index (χ2v) is 5.03. The first kappa shape index (κ1) is 12.4. The molecule has 1 aromatic carbocycles. The molecule has 0 saturated carbocycles. The van der Waals surface area contributed by atoms with Crippen LogP contribution in [-0.2, 0) is 6.61 Å². The van der Waals surface area contributed by atoms with E-state index in [9.17, 15) is 10.2 Å². The molecule has 2 heterocycles. The summed E-state index contributed by atoms with van der Waals surface area (Å²) in [5, 5.41) is 21.1. The number of aromatic nitrogens is 1. The highest BCUT2D eigenvalue weighted by atomic mass is 16.3. The van der Waals surface area contributed by atoms with E-state index in [1.54, 1.807) is 6.20 Å². The number of rotatable bonds is 2. The Kier molecular flexibility index (Phi) is 3.36.